The zero-order valence-corrected chi connectivity index (χ0v) is 8.10. The average Bonchev–Trinajstić information content (AvgIpc) is 2.16. The van der Waals surface area contributed by atoms with Gasteiger partial charge in [-0.3, -0.25) is 0 Å². The van der Waals surface area contributed by atoms with Crippen molar-refractivity contribution in [3.05, 3.63) is 29.3 Å². The molecule has 2 rings (SSSR count). The van der Waals surface area contributed by atoms with Crippen molar-refractivity contribution >= 4 is 0 Å². The molecule has 0 spiro atoms. The largest absolute Gasteiger partial charge is 0.485 e. The van der Waals surface area contributed by atoms with Crippen LogP contribution in [-0.4, -0.2) is 22.6 Å². The second-order valence-electron chi connectivity index (χ2n) is 3.72. The summed E-state index contributed by atoms with van der Waals surface area (Å²) in [6.45, 7) is 2.03. The summed E-state index contributed by atoms with van der Waals surface area (Å²) in [6, 6.07) is 5.93. The maximum atomic E-state index is 8.99. The zero-order chi connectivity index (χ0) is 10.1. The number of aryl methyl sites for hydroxylation is 2. The van der Waals surface area contributed by atoms with Crippen molar-refractivity contribution in [1.82, 2.24) is 0 Å². The number of hydrogen-bond acceptors (Lipinski definition) is 3. The Hall–Kier alpha value is -1.06. The third-order valence-corrected chi connectivity index (χ3v) is 2.53. The Morgan fingerprint density at radius 3 is 2.93 bits per heavy atom. The highest BCUT2D eigenvalue weighted by Gasteiger charge is 2.24. The molecule has 0 saturated heterocycles. The molecule has 1 aliphatic heterocycles. The molecule has 2 N–H and O–H groups in total. The summed E-state index contributed by atoms with van der Waals surface area (Å²) >= 11 is 0. The van der Waals surface area contributed by atoms with Gasteiger partial charge in [-0.05, 0) is 31.4 Å². The van der Waals surface area contributed by atoms with E-state index in [1.54, 1.807) is 0 Å². The Morgan fingerprint density at radius 2 is 2.21 bits per heavy atom. The summed E-state index contributed by atoms with van der Waals surface area (Å²) in [5.41, 5.74) is 2.36. The van der Waals surface area contributed by atoms with Crippen molar-refractivity contribution in [1.29, 1.82) is 0 Å². The molecule has 0 radical (unpaired) electrons. The quantitative estimate of drug-likeness (QED) is 0.656. The van der Waals surface area contributed by atoms with E-state index in [0.29, 0.717) is 6.42 Å². The van der Waals surface area contributed by atoms with Crippen molar-refractivity contribution in [3.8, 4) is 5.75 Å². The fourth-order valence-corrected chi connectivity index (χ4v) is 1.75. The molecule has 14 heavy (non-hydrogen) atoms. The topological polar surface area (TPSA) is 49.7 Å². The van der Waals surface area contributed by atoms with Crippen LogP contribution in [0, 0.1) is 6.92 Å². The van der Waals surface area contributed by atoms with E-state index in [1.807, 2.05) is 19.1 Å². The highest BCUT2D eigenvalue weighted by molar-refractivity contribution is 5.38. The van der Waals surface area contributed by atoms with Crippen LogP contribution in [0.3, 0.4) is 0 Å². The first kappa shape index (κ1) is 9.49. The highest BCUT2D eigenvalue weighted by atomic mass is 16.6. The Bertz CT molecular complexity index is 333. The lowest BCUT2D eigenvalue weighted by molar-refractivity contribution is -0.117. The number of aliphatic hydroxyl groups excluding tert-OH is 1. The number of benzene rings is 1. The van der Waals surface area contributed by atoms with Gasteiger partial charge in [-0.2, -0.15) is 0 Å². The van der Waals surface area contributed by atoms with Gasteiger partial charge in [0.1, 0.15) is 11.9 Å². The number of rotatable bonds is 1. The van der Waals surface area contributed by atoms with Gasteiger partial charge < -0.3 is 14.9 Å². The Morgan fingerprint density at radius 1 is 1.43 bits per heavy atom. The maximum absolute atomic E-state index is 8.99. The van der Waals surface area contributed by atoms with Crippen molar-refractivity contribution in [2.24, 2.45) is 0 Å². The fourth-order valence-electron chi connectivity index (χ4n) is 1.75. The van der Waals surface area contributed by atoms with E-state index in [2.05, 4.69) is 6.07 Å². The Balaban J connectivity index is 2.23. The van der Waals surface area contributed by atoms with Crippen LogP contribution in [0.15, 0.2) is 18.2 Å². The molecule has 76 valence electrons. The minimum Gasteiger partial charge on any atom is -0.485 e. The minimum atomic E-state index is -1.38. The number of ether oxygens (including phenoxy) is 1. The highest BCUT2D eigenvalue weighted by Crippen LogP contribution is 2.28. The van der Waals surface area contributed by atoms with Gasteiger partial charge in [0.2, 0.25) is 0 Å². The summed E-state index contributed by atoms with van der Waals surface area (Å²) in [5, 5.41) is 18.0. The normalized spacial score (nSPS) is 20.4. The first-order valence-electron chi connectivity index (χ1n) is 4.79. The second-order valence-corrected chi connectivity index (χ2v) is 3.72. The van der Waals surface area contributed by atoms with Gasteiger partial charge in [0, 0.05) is 0 Å². The van der Waals surface area contributed by atoms with Gasteiger partial charge in [0.15, 0.2) is 6.29 Å². The van der Waals surface area contributed by atoms with Crippen molar-refractivity contribution in [2.45, 2.75) is 32.2 Å². The number of fused-ring (bicyclic) bond motifs is 1. The van der Waals surface area contributed by atoms with Crippen molar-refractivity contribution in [2.75, 3.05) is 0 Å². The molecular weight excluding hydrogens is 180 g/mol. The second kappa shape index (κ2) is 3.59. The van der Waals surface area contributed by atoms with Crippen LogP contribution in [0.2, 0.25) is 0 Å². The maximum Gasteiger partial charge on any atom is 0.189 e. The van der Waals surface area contributed by atoms with E-state index in [9.17, 15) is 0 Å². The molecule has 0 aliphatic carbocycles. The Kier molecular flexibility index (Phi) is 2.44. The first-order valence-corrected chi connectivity index (χ1v) is 4.79. The lowest BCUT2D eigenvalue weighted by Gasteiger charge is -2.27. The van der Waals surface area contributed by atoms with Crippen molar-refractivity contribution < 1.29 is 14.9 Å². The van der Waals surface area contributed by atoms with E-state index in [0.717, 1.165) is 17.7 Å². The summed E-state index contributed by atoms with van der Waals surface area (Å²) in [5.74, 6) is 0.778. The molecule has 1 aliphatic rings. The van der Waals surface area contributed by atoms with Crippen LogP contribution >= 0.6 is 0 Å². The molecular formula is C11H14O3. The third-order valence-electron chi connectivity index (χ3n) is 2.53. The van der Waals surface area contributed by atoms with E-state index in [1.165, 1.54) is 5.56 Å². The van der Waals surface area contributed by atoms with Gasteiger partial charge in [-0.25, -0.2) is 0 Å². The van der Waals surface area contributed by atoms with E-state index >= 15 is 0 Å². The van der Waals surface area contributed by atoms with Gasteiger partial charge in [-0.1, -0.05) is 17.7 Å². The van der Waals surface area contributed by atoms with Crippen LogP contribution in [-0.2, 0) is 6.42 Å². The predicted octanol–water partition coefficient (Wildman–Crippen LogP) is 0.999. The molecule has 0 saturated carbocycles. The molecule has 3 nitrogen and oxygen atoms in total. The molecule has 1 heterocycles. The zero-order valence-electron chi connectivity index (χ0n) is 8.10. The summed E-state index contributed by atoms with van der Waals surface area (Å²) in [7, 11) is 0. The van der Waals surface area contributed by atoms with Crippen LogP contribution in [0.5, 0.6) is 5.75 Å². The van der Waals surface area contributed by atoms with Gasteiger partial charge in [0.25, 0.3) is 0 Å². The summed E-state index contributed by atoms with van der Waals surface area (Å²) in [6.07, 6.45) is -0.359. The molecule has 3 heteroatoms. The molecule has 1 aromatic rings. The minimum absolute atomic E-state index is 0.481. The smallest absolute Gasteiger partial charge is 0.189 e. The van der Waals surface area contributed by atoms with E-state index in [4.69, 9.17) is 14.9 Å². The lowest BCUT2D eigenvalue weighted by atomic mass is 10.0. The van der Waals surface area contributed by atoms with Gasteiger partial charge in [-0.15, -0.1) is 0 Å². The predicted molar refractivity (Wildman–Crippen MR) is 52.1 cm³/mol. The fraction of sp³-hybridized carbons (Fsp3) is 0.455. The molecule has 0 amide bonds. The molecule has 0 aromatic heterocycles. The first-order chi connectivity index (χ1) is 6.66. The molecule has 0 fully saturated rings. The van der Waals surface area contributed by atoms with Crippen LogP contribution in [0.25, 0.3) is 0 Å². The lowest BCUT2D eigenvalue weighted by Crippen LogP contribution is -2.34. The molecule has 0 bridgehead atoms. The van der Waals surface area contributed by atoms with Gasteiger partial charge in [0.05, 0.1) is 0 Å². The standard InChI is InChI=1S/C11H14O3/c1-7-2-4-9-8(6-7)3-5-10(14-9)11(12)13/h2,4,6,10-13H,3,5H2,1H3. The number of hydrogen-bond donors (Lipinski definition) is 2. The SMILES string of the molecule is Cc1ccc2c(c1)CCC(C(O)O)O2. The average molecular weight is 194 g/mol. The molecule has 1 atom stereocenters. The van der Waals surface area contributed by atoms with Crippen LogP contribution < -0.4 is 4.74 Å². The Labute approximate surface area is 83.0 Å². The molecule has 1 aromatic carbocycles. The van der Waals surface area contributed by atoms with Crippen molar-refractivity contribution in [3.63, 3.8) is 0 Å². The van der Waals surface area contributed by atoms with Gasteiger partial charge >= 0.3 is 0 Å². The number of aliphatic hydroxyl groups is 2. The summed E-state index contributed by atoms with van der Waals surface area (Å²) < 4.78 is 5.45. The van der Waals surface area contributed by atoms with Crippen LogP contribution in [0.4, 0.5) is 0 Å². The monoisotopic (exact) mass is 194 g/mol. The van der Waals surface area contributed by atoms with E-state index < -0.39 is 12.4 Å². The molecule has 1 unspecified atom stereocenters. The third kappa shape index (κ3) is 1.74. The van der Waals surface area contributed by atoms with Crippen LogP contribution in [0.1, 0.15) is 17.5 Å². The van der Waals surface area contributed by atoms with E-state index in [-0.39, 0.29) is 0 Å². The summed E-state index contributed by atoms with van der Waals surface area (Å²) in [4.78, 5) is 0.